The number of anilines is 3. The Balaban J connectivity index is 1.29. The third kappa shape index (κ3) is 3.89. The molecule has 2 heteroatoms. The smallest absolute Gasteiger partial charge is 0.159 e. The monoisotopic (exact) mass is 561 g/mol. The summed E-state index contributed by atoms with van der Waals surface area (Å²) in [6, 6.07) is 58.5. The number of hydrogen-bond donors (Lipinski definition) is 0. The zero-order valence-electron chi connectivity index (χ0n) is 23.9. The fourth-order valence-corrected chi connectivity index (χ4v) is 6.73. The Morgan fingerprint density at radius 2 is 1.00 bits per heavy atom. The second kappa shape index (κ2) is 9.86. The number of fused-ring (bicyclic) bond motifs is 8. The summed E-state index contributed by atoms with van der Waals surface area (Å²) >= 11 is 0. The van der Waals surface area contributed by atoms with Crippen LogP contribution in [0.1, 0.15) is 0 Å². The van der Waals surface area contributed by atoms with Crippen LogP contribution in [0.5, 0.6) is 0 Å². The molecule has 0 saturated carbocycles. The lowest BCUT2D eigenvalue weighted by Crippen LogP contribution is -2.10. The van der Waals surface area contributed by atoms with Crippen LogP contribution >= 0.6 is 0 Å². The first-order valence-corrected chi connectivity index (χ1v) is 15.0. The van der Waals surface area contributed by atoms with E-state index < -0.39 is 0 Å². The summed E-state index contributed by atoms with van der Waals surface area (Å²) < 4.78 is 6.71. The van der Waals surface area contributed by atoms with Crippen LogP contribution in [0.25, 0.3) is 65.4 Å². The van der Waals surface area contributed by atoms with Crippen molar-refractivity contribution >= 4 is 71.3 Å². The summed E-state index contributed by atoms with van der Waals surface area (Å²) in [6.45, 7) is 0. The molecular formula is C42H27NO. The zero-order chi connectivity index (χ0) is 29.0. The fraction of sp³-hybridized carbons (Fsp3) is 0. The Hall–Kier alpha value is -5.86. The van der Waals surface area contributed by atoms with Crippen molar-refractivity contribution in [3.8, 4) is 11.1 Å². The van der Waals surface area contributed by atoms with Gasteiger partial charge in [-0.3, -0.25) is 0 Å². The first kappa shape index (κ1) is 24.7. The Kier molecular flexibility index (Phi) is 5.54. The molecule has 0 saturated heterocycles. The van der Waals surface area contributed by atoms with Crippen molar-refractivity contribution in [2.24, 2.45) is 0 Å². The molecule has 0 bridgehead atoms. The number of hydrogen-bond acceptors (Lipinski definition) is 2. The van der Waals surface area contributed by atoms with Crippen LogP contribution in [-0.2, 0) is 0 Å². The number of furan rings is 1. The van der Waals surface area contributed by atoms with Gasteiger partial charge in [0.2, 0.25) is 0 Å². The Morgan fingerprint density at radius 3 is 1.84 bits per heavy atom. The van der Waals surface area contributed by atoms with E-state index in [2.05, 4.69) is 169 Å². The summed E-state index contributed by atoms with van der Waals surface area (Å²) in [4.78, 5) is 2.33. The van der Waals surface area contributed by atoms with Gasteiger partial charge in [-0.25, -0.2) is 0 Å². The summed E-state index contributed by atoms with van der Waals surface area (Å²) in [5, 5.41) is 9.66. The van der Waals surface area contributed by atoms with Crippen LogP contribution < -0.4 is 4.90 Å². The van der Waals surface area contributed by atoms with Gasteiger partial charge in [-0.1, -0.05) is 127 Å². The minimum absolute atomic E-state index is 0.879. The molecule has 0 aliphatic rings. The molecule has 2 nitrogen and oxygen atoms in total. The highest BCUT2D eigenvalue weighted by atomic mass is 16.3. The van der Waals surface area contributed by atoms with Gasteiger partial charge < -0.3 is 9.32 Å². The van der Waals surface area contributed by atoms with E-state index >= 15 is 0 Å². The molecule has 0 aliphatic heterocycles. The van der Waals surface area contributed by atoms with E-state index in [-0.39, 0.29) is 0 Å². The standard InChI is InChI=1S/C42H27NO/c1-2-9-28(10-3-1)29-19-22-33(23-20-29)43(34-24-25-36-32(27-34)18-17-30-11-4-6-13-35(30)36)39-16-8-15-38-41-37-14-7-5-12-31(37)21-26-40(41)44-42(38)39/h1-27H. The average molecular weight is 562 g/mol. The van der Waals surface area contributed by atoms with Gasteiger partial charge in [0.25, 0.3) is 0 Å². The first-order chi connectivity index (χ1) is 21.8. The van der Waals surface area contributed by atoms with E-state index in [0.29, 0.717) is 0 Å². The molecular weight excluding hydrogens is 534 g/mol. The Labute approximate surface area is 255 Å². The molecule has 206 valence electrons. The van der Waals surface area contributed by atoms with Gasteiger partial charge in [-0.05, 0) is 79.8 Å². The lowest BCUT2D eigenvalue weighted by atomic mass is 10.0. The lowest BCUT2D eigenvalue weighted by Gasteiger charge is -2.26. The fourth-order valence-electron chi connectivity index (χ4n) is 6.73. The van der Waals surface area contributed by atoms with Crippen molar-refractivity contribution in [3.05, 3.63) is 164 Å². The van der Waals surface area contributed by atoms with Gasteiger partial charge in [0, 0.05) is 22.1 Å². The number of para-hydroxylation sites is 1. The molecule has 44 heavy (non-hydrogen) atoms. The highest BCUT2D eigenvalue weighted by Gasteiger charge is 2.20. The number of nitrogens with zero attached hydrogens (tertiary/aromatic N) is 1. The largest absolute Gasteiger partial charge is 0.454 e. The highest BCUT2D eigenvalue weighted by Crippen LogP contribution is 2.44. The molecule has 0 amide bonds. The normalized spacial score (nSPS) is 11.6. The molecule has 0 atom stereocenters. The maximum atomic E-state index is 6.71. The van der Waals surface area contributed by atoms with Gasteiger partial charge >= 0.3 is 0 Å². The van der Waals surface area contributed by atoms with E-state index in [1.165, 1.54) is 43.4 Å². The molecule has 0 unspecified atom stereocenters. The van der Waals surface area contributed by atoms with E-state index in [1.807, 2.05) is 0 Å². The minimum atomic E-state index is 0.879. The molecule has 0 fully saturated rings. The summed E-state index contributed by atoms with van der Waals surface area (Å²) in [6.07, 6.45) is 0. The van der Waals surface area contributed by atoms with E-state index in [4.69, 9.17) is 4.42 Å². The molecule has 9 aromatic rings. The zero-order valence-corrected chi connectivity index (χ0v) is 23.9. The molecule has 8 aromatic carbocycles. The first-order valence-electron chi connectivity index (χ1n) is 15.0. The Bertz CT molecular complexity index is 2490. The van der Waals surface area contributed by atoms with Gasteiger partial charge in [0.15, 0.2) is 5.58 Å². The van der Waals surface area contributed by atoms with Crippen LogP contribution in [0.15, 0.2) is 168 Å². The van der Waals surface area contributed by atoms with E-state index in [0.717, 1.165) is 39.0 Å². The minimum Gasteiger partial charge on any atom is -0.454 e. The molecule has 1 heterocycles. The summed E-state index contributed by atoms with van der Waals surface area (Å²) in [5.41, 5.74) is 7.33. The molecule has 0 radical (unpaired) electrons. The maximum absolute atomic E-state index is 6.71. The number of benzene rings is 8. The Morgan fingerprint density at radius 1 is 0.386 bits per heavy atom. The quantitative estimate of drug-likeness (QED) is 0.199. The van der Waals surface area contributed by atoms with Gasteiger partial charge in [-0.15, -0.1) is 0 Å². The van der Waals surface area contributed by atoms with Crippen molar-refractivity contribution in [2.45, 2.75) is 0 Å². The van der Waals surface area contributed by atoms with Crippen LogP contribution in [0.3, 0.4) is 0 Å². The van der Waals surface area contributed by atoms with Crippen LogP contribution in [-0.4, -0.2) is 0 Å². The van der Waals surface area contributed by atoms with E-state index in [1.54, 1.807) is 0 Å². The molecule has 9 rings (SSSR count). The third-order valence-corrected chi connectivity index (χ3v) is 8.83. The SMILES string of the molecule is c1ccc(-c2ccc(N(c3ccc4c(ccc5ccccc54)c3)c3cccc4c3oc3ccc5ccccc5c34)cc2)cc1. The van der Waals surface area contributed by atoms with Crippen molar-refractivity contribution in [2.75, 3.05) is 4.90 Å². The lowest BCUT2D eigenvalue weighted by molar-refractivity contribution is 0.669. The number of rotatable bonds is 4. The molecule has 0 aliphatic carbocycles. The van der Waals surface area contributed by atoms with Crippen molar-refractivity contribution in [1.29, 1.82) is 0 Å². The highest BCUT2D eigenvalue weighted by molar-refractivity contribution is 6.21. The second-order valence-corrected chi connectivity index (χ2v) is 11.4. The van der Waals surface area contributed by atoms with Crippen molar-refractivity contribution in [3.63, 3.8) is 0 Å². The van der Waals surface area contributed by atoms with E-state index in [9.17, 15) is 0 Å². The molecule has 1 aromatic heterocycles. The van der Waals surface area contributed by atoms with Gasteiger partial charge in [0.05, 0.1) is 5.69 Å². The maximum Gasteiger partial charge on any atom is 0.159 e. The van der Waals surface area contributed by atoms with Gasteiger partial charge in [-0.2, -0.15) is 0 Å². The third-order valence-electron chi connectivity index (χ3n) is 8.83. The predicted octanol–water partition coefficient (Wildman–Crippen LogP) is 12.2. The average Bonchev–Trinajstić information content (AvgIpc) is 3.49. The van der Waals surface area contributed by atoms with Crippen LogP contribution in [0.2, 0.25) is 0 Å². The summed E-state index contributed by atoms with van der Waals surface area (Å²) in [5.74, 6) is 0. The van der Waals surface area contributed by atoms with Crippen molar-refractivity contribution in [1.82, 2.24) is 0 Å². The molecule has 0 N–H and O–H groups in total. The summed E-state index contributed by atoms with van der Waals surface area (Å²) in [7, 11) is 0. The van der Waals surface area contributed by atoms with Gasteiger partial charge in [0.1, 0.15) is 5.58 Å². The van der Waals surface area contributed by atoms with Crippen molar-refractivity contribution < 1.29 is 4.42 Å². The predicted molar refractivity (Wildman–Crippen MR) is 186 cm³/mol. The molecule has 0 spiro atoms. The topological polar surface area (TPSA) is 16.4 Å². The van der Waals surface area contributed by atoms with Crippen LogP contribution in [0, 0.1) is 0 Å². The second-order valence-electron chi connectivity index (χ2n) is 11.4. The van der Waals surface area contributed by atoms with Crippen LogP contribution in [0.4, 0.5) is 17.1 Å².